The van der Waals surface area contributed by atoms with Gasteiger partial charge in [0.05, 0.1) is 121 Å². The number of likely N-dealkylation sites (N-methyl/N-ethyl adjacent to an activating group) is 5. The summed E-state index contributed by atoms with van der Waals surface area (Å²) in [4.78, 5) is 144. The zero-order valence-corrected chi connectivity index (χ0v) is 98.6. The largest absolute Gasteiger partial charge is 1.00 e. The third-order valence-electron chi connectivity index (χ3n) is 22.5. The number of halogens is 9. The number of hydrogen-bond donors (Lipinski definition) is 21. The van der Waals surface area contributed by atoms with Crippen LogP contribution in [0.1, 0.15) is 191 Å². The second-order valence-electron chi connectivity index (χ2n) is 36.2. The fraction of sp³-hybridized carbons (Fsp3) is 0.875. The van der Waals surface area contributed by atoms with Gasteiger partial charge in [0, 0.05) is 202 Å². The number of quaternary nitrogens is 3. The summed E-state index contributed by atoms with van der Waals surface area (Å²) >= 11 is 32.3. The van der Waals surface area contributed by atoms with Crippen molar-refractivity contribution in [3.63, 3.8) is 0 Å². The number of alkyl halides is 6. The van der Waals surface area contributed by atoms with Gasteiger partial charge in [0.2, 0.25) is 41.4 Å². The number of unbranched alkanes of at least 4 members (excludes halogenated alkanes) is 6. The molecule has 3 heterocycles. The van der Waals surface area contributed by atoms with Crippen LogP contribution in [0.3, 0.4) is 0 Å². The Kier molecular flexibility index (Phi) is 120. The van der Waals surface area contributed by atoms with Crippen LogP contribution in [0.15, 0.2) is 0 Å². The van der Waals surface area contributed by atoms with Gasteiger partial charge < -0.3 is 189 Å². The Morgan fingerprint density at radius 3 is 0.842 bits per heavy atom. The average molecular weight is 2320 g/mol. The van der Waals surface area contributed by atoms with Gasteiger partial charge in [-0.2, -0.15) is 0 Å². The van der Waals surface area contributed by atoms with E-state index in [1.807, 2.05) is 35.2 Å². The zero-order chi connectivity index (χ0) is 111. The molecule has 0 radical (unpaired) electrons. The van der Waals surface area contributed by atoms with E-state index >= 15 is 0 Å². The Hall–Kier alpha value is -2.69. The highest BCUT2D eigenvalue weighted by atomic mass is 35.5. The fourth-order valence-corrected chi connectivity index (χ4v) is 15.3. The molecule has 21 N–H and O–H groups in total. The van der Waals surface area contributed by atoms with Crippen molar-refractivity contribution in [3.8, 4) is 0 Å². The normalized spacial score (nSPS) is 16.7. The summed E-state index contributed by atoms with van der Waals surface area (Å²) in [6.45, 7) is 29.3. The summed E-state index contributed by atoms with van der Waals surface area (Å²) in [6.07, 6.45) is 9.72. The minimum Gasteiger partial charge on any atom is -1.00 e. The lowest BCUT2D eigenvalue weighted by molar-refractivity contribution is -0.970. The molecular formula is C96H197Cl9N18O21P2. The van der Waals surface area contributed by atoms with Gasteiger partial charge in [0.15, 0.2) is 12.2 Å². The van der Waals surface area contributed by atoms with Gasteiger partial charge in [0.1, 0.15) is 80.4 Å². The number of ether oxygens (including phenoxy) is 1. The minimum atomic E-state index is -0.919. The first kappa shape index (κ1) is 156. The molecule has 0 aromatic carbocycles. The maximum absolute atomic E-state index is 13.0. The van der Waals surface area contributed by atoms with Crippen LogP contribution in [0.2, 0.25) is 0 Å². The topological polar surface area (TPSA) is 542 Å². The lowest BCUT2D eigenvalue weighted by atomic mass is 10.1. The number of aliphatic hydroxyl groups excluding tert-OH is 8. The van der Waals surface area contributed by atoms with E-state index in [2.05, 4.69) is 97.4 Å². The molecule has 39 nitrogen and oxygen atoms in total. The molecule has 870 valence electrons. The highest BCUT2D eigenvalue weighted by Crippen LogP contribution is 2.22. The number of nitrogens with zero attached hydrogens (tertiary/aromatic N) is 5. The molecule has 0 saturated carbocycles. The van der Waals surface area contributed by atoms with Gasteiger partial charge >= 0.3 is 0 Å². The van der Waals surface area contributed by atoms with Crippen molar-refractivity contribution in [2.45, 2.75) is 238 Å². The van der Waals surface area contributed by atoms with Crippen molar-refractivity contribution in [2.75, 3.05) is 306 Å². The molecule has 50 heteroatoms. The summed E-state index contributed by atoms with van der Waals surface area (Å²) < 4.78 is 18.9. The van der Waals surface area contributed by atoms with E-state index in [1.165, 1.54) is 13.8 Å². The summed E-state index contributed by atoms with van der Waals surface area (Å²) in [5, 5.41) is 115. The number of aliphatic hydroxyl groups is 8. The predicted molar refractivity (Wildman–Crippen MR) is 584 cm³/mol. The fourth-order valence-electron chi connectivity index (χ4n) is 14.5. The van der Waals surface area contributed by atoms with Crippen LogP contribution < -0.4 is 106 Å². The van der Waals surface area contributed by atoms with Crippen LogP contribution in [0.5, 0.6) is 0 Å². The summed E-state index contributed by atoms with van der Waals surface area (Å²) in [5.41, 5.74) is 0. The van der Waals surface area contributed by atoms with Crippen LogP contribution in [-0.4, -0.2) is 490 Å². The van der Waals surface area contributed by atoms with Gasteiger partial charge in [-0.3, -0.25) is 43.4 Å². The first-order chi connectivity index (χ1) is 69.1. The third-order valence-corrected chi connectivity index (χ3v) is 24.6. The standard InChI is InChI=1S/C43H82ClN9O9.C15H30ClN3O3.C15H29N3O3.C12H25N3O2.C3H6Cl2O.C3H7ClO2.C3H5ClO.2CH5P.3ClH/c1-35(54)11-5-7-13-40(59)47-18-24-51(23-17-45-3)30-38(57)32-53(31-37(56)29-44,27-21-49-41(60)14-8-6-12-36(2)55)28-22-50-43(62)16-10-9-15-42(61)48-20-26-52(25-19-46-4)33-39(58)34-52;1-13(20)5-3-4-6-15(22)18-8-10-19(9-7-17-2)12-14(21)11-16;1-13(19)5-3-4-6-15(21)17-8-10-18(9-7-16-2)11-14(20)12-18;1-11(16)5-3-4-6-12(17)15-10-9-14-8-7-13-2;2*4-1-3(6)2-5;4-1-3-2-5-3;2*1-2;;;/h37-39,45-46,56-58H,5-34H2,1-4H3,(H2-2,47,48,49,50,59,60,61,62);14,17,21H,3-12H2,1-2H3,(H,18,22);14,16,20H,3-12H2,1-2H3;13-14H,3-10H2,1-2H3,(H,15,17);3,6H,1-2H2;3,5-6H,1-2H2;3H,1-2H2;2*2H2,1H3;3*1H/i;;;;;;;2*1D;;;. The van der Waals surface area contributed by atoms with Crippen molar-refractivity contribution >= 4 is 158 Å². The molecule has 0 aromatic rings. The Labute approximate surface area is 931 Å². The zero-order valence-electron chi connectivity index (χ0n) is 91.5. The average Bonchev–Trinajstić information content (AvgIpc) is 1.30. The maximum Gasteiger partial charge on any atom is 0.220 e. The molecule has 8 atom stereocenters. The van der Waals surface area contributed by atoms with Crippen LogP contribution in [0, 0.1) is 0 Å². The maximum atomic E-state index is 13.0. The molecule has 0 bridgehead atoms. The number of epoxide rings is 1. The molecule has 0 spiro atoms. The molecule has 3 fully saturated rings. The van der Waals surface area contributed by atoms with Gasteiger partial charge in [0.25, 0.3) is 0 Å². The number of nitrogens with one attached hydrogen (secondary N) is 13. The Balaban J connectivity index is -0.000000260. The highest BCUT2D eigenvalue weighted by molar-refractivity contribution is 7.15. The number of carbonyl (C=O) groups is 12. The van der Waals surface area contributed by atoms with E-state index in [-0.39, 0.29) is 206 Å². The Bertz CT molecular complexity index is 3200. The molecule has 8 unspecified atom stereocenters. The molecular weight excluding hydrogens is 2120 g/mol. The molecule has 0 aliphatic carbocycles. The number of amides is 7. The lowest BCUT2D eigenvalue weighted by Crippen LogP contribution is -3.00. The summed E-state index contributed by atoms with van der Waals surface area (Å²) in [6, 6.07) is 0. The van der Waals surface area contributed by atoms with E-state index < -0.39 is 30.5 Å². The smallest absolute Gasteiger partial charge is 0.220 e. The van der Waals surface area contributed by atoms with E-state index in [0.29, 0.717) is 220 Å². The van der Waals surface area contributed by atoms with Gasteiger partial charge in [-0.1, -0.05) is 13.3 Å². The second-order valence-corrected chi connectivity index (χ2v) is 38.0. The van der Waals surface area contributed by atoms with Crippen molar-refractivity contribution in [1.29, 1.82) is 0 Å². The van der Waals surface area contributed by atoms with Crippen LogP contribution in [-0.2, 0) is 62.3 Å². The van der Waals surface area contributed by atoms with E-state index in [1.54, 1.807) is 20.8 Å². The summed E-state index contributed by atoms with van der Waals surface area (Å²) in [5.74, 6) is 1.78. The number of ketones is 5. The molecule has 3 aliphatic heterocycles. The predicted octanol–water partition coefficient (Wildman–Crippen LogP) is -7.86. The van der Waals surface area contributed by atoms with Crippen molar-refractivity contribution in [3.05, 3.63) is 0 Å². The second kappa shape index (κ2) is 112. The van der Waals surface area contributed by atoms with Crippen molar-refractivity contribution < 1.29 is 157 Å². The summed E-state index contributed by atoms with van der Waals surface area (Å²) in [7, 11) is 13.9. The highest BCUT2D eigenvalue weighted by Gasteiger charge is 2.43. The number of hydrogen-bond acceptors (Lipinski definition) is 29. The van der Waals surface area contributed by atoms with E-state index in [9.17, 15) is 83.1 Å². The van der Waals surface area contributed by atoms with Crippen LogP contribution in [0.4, 0.5) is 0 Å². The number of Topliss-reactive ketones (excluding diaryl/α,β-unsaturated/α-hetero) is 5. The van der Waals surface area contributed by atoms with Gasteiger partial charge in [-0.05, 0) is 147 Å². The quantitative estimate of drug-likeness (QED) is 0.00884. The molecule has 3 aliphatic rings. The molecule has 3 saturated heterocycles. The van der Waals surface area contributed by atoms with Crippen molar-refractivity contribution in [2.24, 2.45) is 0 Å². The van der Waals surface area contributed by atoms with Crippen molar-refractivity contribution in [1.82, 2.24) is 78.9 Å². The van der Waals surface area contributed by atoms with E-state index in [4.69, 9.17) is 92.4 Å². The first-order valence-electron chi connectivity index (χ1n) is 52.1. The lowest BCUT2D eigenvalue weighted by Gasteiger charge is -2.48. The van der Waals surface area contributed by atoms with Gasteiger partial charge in [-0.25, -0.2) is 0 Å². The molecule has 146 heavy (non-hydrogen) atoms. The van der Waals surface area contributed by atoms with Crippen LogP contribution in [0.25, 0.3) is 0 Å². The Morgan fingerprint density at radius 2 is 0.603 bits per heavy atom. The molecule has 7 amide bonds. The minimum absolute atomic E-state index is 0. The third kappa shape index (κ3) is 108. The molecule has 3 rings (SSSR count). The number of carbonyl (C=O) groups excluding carboxylic acids is 12. The number of rotatable bonds is 81. The SMILES string of the molecule is CNCCN(CCNC(=O)CCCCC(C)=O)CC(O)CCl.CNCCN(CCNC(=O)CCCCC(C)=O)CC(O)C[N+](CCNC(=O)CCCCC(C)=O)(CCNC(=O)CCCCC(=O)NCC[N+]1(CCNC)CC(O)C1)CC(O)CCl.CNCCNCCNC(=O)CCCCC(C)=O.CNCC[N+]1(CCNC(=O)CCCCC(C)=O)CC(O)C1.ClCC1CO1.OC(CCl)CCl.OCC(O)CCl.[2H]CP.[2H]CP.[Cl-].[Cl-].[Cl-]. The molecule has 0 aromatic heterocycles. The monoisotopic (exact) mass is 2320 g/mol. The van der Waals surface area contributed by atoms with Gasteiger partial charge in [-0.15, -0.1) is 88.1 Å². The van der Waals surface area contributed by atoms with E-state index in [0.717, 1.165) is 139 Å². The van der Waals surface area contributed by atoms with Crippen LogP contribution >= 0.6 is 88.1 Å². The Morgan fingerprint density at radius 1 is 0.356 bits per heavy atom. The first-order valence-corrected chi connectivity index (χ1v) is 55.5. The number of likely N-dealkylation sites (tertiary alicyclic amines) is 2.